The Bertz CT molecular complexity index is 1190. The summed E-state index contributed by atoms with van der Waals surface area (Å²) in [5, 5.41) is 4.78. The van der Waals surface area contributed by atoms with Crippen molar-refractivity contribution in [2.75, 3.05) is 19.0 Å². The van der Waals surface area contributed by atoms with E-state index in [2.05, 4.69) is 9.88 Å². The quantitative estimate of drug-likeness (QED) is 0.515. The number of carbonyl (C=O) groups excluding carboxylic acids is 2. The van der Waals surface area contributed by atoms with Gasteiger partial charge in [0.25, 0.3) is 5.91 Å². The van der Waals surface area contributed by atoms with E-state index < -0.39 is 11.9 Å². The maximum Gasteiger partial charge on any atom is 0.348 e. The lowest BCUT2D eigenvalue weighted by Gasteiger charge is -2.09. The molecule has 0 aliphatic carbocycles. The van der Waals surface area contributed by atoms with E-state index in [0.29, 0.717) is 16.3 Å². The number of fused-ring (bicyclic) bond motifs is 3. The first kappa shape index (κ1) is 18.1. The average molecular weight is 394 g/mol. The number of anilines is 1. The zero-order valence-corrected chi connectivity index (χ0v) is 16.2. The van der Waals surface area contributed by atoms with Crippen molar-refractivity contribution in [3.05, 3.63) is 59.5 Å². The number of methoxy groups -OCH3 is 1. The van der Waals surface area contributed by atoms with Crippen LogP contribution in [-0.2, 0) is 16.6 Å². The van der Waals surface area contributed by atoms with E-state index in [0.717, 1.165) is 21.1 Å². The highest BCUT2D eigenvalue weighted by atomic mass is 32.1. The van der Waals surface area contributed by atoms with Crippen LogP contribution in [0.25, 0.3) is 21.1 Å². The smallest absolute Gasteiger partial charge is 0.348 e. The number of amides is 1. The fourth-order valence-corrected chi connectivity index (χ4v) is 4.21. The predicted octanol–water partition coefficient (Wildman–Crippen LogP) is 4.20. The molecule has 0 saturated heterocycles. The summed E-state index contributed by atoms with van der Waals surface area (Å²) in [5.41, 5.74) is 1.64. The van der Waals surface area contributed by atoms with Crippen molar-refractivity contribution in [3.8, 4) is 5.75 Å². The van der Waals surface area contributed by atoms with Crippen molar-refractivity contribution in [1.29, 1.82) is 0 Å². The summed E-state index contributed by atoms with van der Waals surface area (Å²) in [7, 11) is 3.49. The molecule has 4 aromatic rings. The molecule has 2 heterocycles. The van der Waals surface area contributed by atoms with Gasteiger partial charge in [-0.05, 0) is 24.3 Å². The normalized spacial score (nSPS) is 10.9. The molecule has 0 aliphatic heterocycles. The van der Waals surface area contributed by atoms with E-state index in [4.69, 9.17) is 9.47 Å². The van der Waals surface area contributed by atoms with E-state index in [1.807, 2.05) is 37.4 Å². The molecule has 28 heavy (non-hydrogen) atoms. The number of rotatable bonds is 5. The number of aromatic nitrogens is 1. The highest BCUT2D eigenvalue weighted by Crippen LogP contribution is 2.34. The van der Waals surface area contributed by atoms with Gasteiger partial charge in [-0.1, -0.05) is 30.3 Å². The summed E-state index contributed by atoms with van der Waals surface area (Å²) in [6, 6.07) is 16.9. The Hall–Kier alpha value is -3.32. The van der Waals surface area contributed by atoms with Crippen LogP contribution in [-0.4, -0.2) is 30.2 Å². The molecular weight excluding hydrogens is 376 g/mol. The van der Waals surface area contributed by atoms with Crippen molar-refractivity contribution in [2.45, 2.75) is 0 Å². The number of hydrogen-bond donors (Lipinski definition) is 1. The number of carbonyl (C=O) groups is 2. The molecular formula is C21H18N2O4S. The average Bonchev–Trinajstić information content (AvgIpc) is 3.26. The molecule has 4 rings (SSSR count). The van der Waals surface area contributed by atoms with Crippen LogP contribution in [0.15, 0.2) is 54.6 Å². The molecule has 1 amide bonds. The minimum Gasteiger partial charge on any atom is -0.495 e. The monoisotopic (exact) mass is 394 g/mol. The summed E-state index contributed by atoms with van der Waals surface area (Å²) in [5.74, 6) is -0.400. The fraction of sp³-hybridized carbons (Fsp3) is 0.143. The number of aryl methyl sites for hydroxylation is 1. The van der Waals surface area contributed by atoms with Gasteiger partial charge in [-0.15, -0.1) is 11.3 Å². The number of para-hydroxylation sites is 3. The van der Waals surface area contributed by atoms with Crippen molar-refractivity contribution in [1.82, 2.24) is 4.57 Å². The highest BCUT2D eigenvalue weighted by Gasteiger charge is 2.18. The summed E-state index contributed by atoms with van der Waals surface area (Å²) < 4.78 is 12.4. The van der Waals surface area contributed by atoms with Crippen molar-refractivity contribution in [2.24, 2.45) is 7.05 Å². The maximum atomic E-state index is 12.4. The molecule has 0 unspecified atom stereocenters. The molecule has 0 atom stereocenters. The lowest BCUT2D eigenvalue weighted by atomic mass is 10.2. The molecule has 0 spiro atoms. The SMILES string of the molecule is COc1ccccc1NC(=O)COC(=O)c1cc2c3ccccc3n(C)c2s1. The first-order chi connectivity index (χ1) is 13.6. The zero-order valence-electron chi connectivity index (χ0n) is 15.4. The summed E-state index contributed by atoms with van der Waals surface area (Å²) in [4.78, 5) is 26.0. The summed E-state index contributed by atoms with van der Waals surface area (Å²) >= 11 is 1.36. The first-order valence-electron chi connectivity index (χ1n) is 8.65. The Labute approximate surface area is 165 Å². The standard InChI is InChI=1S/C21H18N2O4S/c1-23-16-9-5-3-7-13(16)14-11-18(28-20(14)23)21(25)27-12-19(24)22-15-8-4-6-10-17(15)26-2/h3-11H,12H2,1-2H3,(H,22,24). The van der Waals surface area contributed by atoms with Crippen molar-refractivity contribution < 1.29 is 19.1 Å². The summed E-state index contributed by atoms with van der Waals surface area (Å²) in [6.07, 6.45) is 0. The van der Waals surface area contributed by atoms with Crippen molar-refractivity contribution in [3.63, 3.8) is 0 Å². The molecule has 1 N–H and O–H groups in total. The third-order valence-corrected chi connectivity index (χ3v) is 5.68. The molecule has 2 aromatic heterocycles. The second-order valence-corrected chi connectivity index (χ2v) is 7.26. The van der Waals surface area contributed by atoms with Crippen LogP contribution in [0.2, 0.25) is 0 Å². The number of hydrogen-bond acceptors (Lipinski definition) is 5. The minimum atomic E-state index is -0.513. The number of nitrogens with zero attached hydrogens (tertiary/aromatic N) is 1. The number of ether oxygens (including phenoxy) is 2. The van der Waals surface area contributed by atoms with Gasteiger partial charge in [0.1, 0.15) is 15.5 Å². The number of esters is 1. The van der Waals surface area contributed by atoms with Gasteiger partial charge >= 0.3 is 5.97 Å². The second-order valence-electron chi connectivity index (χ2n) is 6.23. The van der Waals surface area contributed by atoms with Crippen LogP contribution in [0.4, 0.5) is 5.69 Å². The van der Waals surface area contributed by atoms with Gasteiger partial charge in [0.05, 0.1) is 12.8 Å². The third-order valence-electron chi connectivity index (χ3n) is 4.49. The maximum absolute atomic E-state index is 12.4. The zero-order chi connectivity index (χ0) is 19.7. The second kappa shape index (κ2) is 7.36. The molecule has 0 radical (unpaired) electrons. The molecule has 0 fully saturated rings. The van der Waals surface area contributed by atoms with Crippen molar-refractivity contribution >= 4 is 50.0 Å². The minimum absolute atomic E-state index is 0.369. The van der Waals surface area contributed by atoms with Crippen LogP contribution in [0.5, 0.6) is 5.75 Å². The van der Waals surface area contributed by atoms with Gasteiger partial charge in [0.15, 0.2) is 6.61 Å². The van der Waals surface area contributed by atoms with Gasteiger partial charge in [-0.2, -0.15) is 0 Å². The van der Waals surface area contributed by atoms with Crippen LogP contribution in [0.3, 0.4) is 0 Å². The van der Waals surface area contributed by atoms with E-state index in [-0.39, 0.29) is 6.61 Å². The van der Waals surface area contributed by atoms with Gasteiger partial charge in [-0.3, -0.25) is 4.79 Å². The van der Waals surface area contributed by atoms with E-state index in [1.165, 1.54) is 18.4 Å². The van der Waals surface area contributed by atoms with Gasteiger partial charge < -0.3 is 19.4 Å². The largest absolute Gasteiger partial charge is 0.495 e. The molecule has 6 nitrogen and oxygen atoms in total. The molecule has 0 bridgehead atoms. The Balaban J connectivity index is 1.46. The number of nitrogens with one attached hydrogen (secondary N) is 1. The molecule has 2 aromatic carbocycles. The number of benzene rings is 2. The molecule has 0 saturated carbocycles. The van der Waals surface area contributed by atoms with Crippen LogP contribution in [0, 0.1) is 0 Å². The van der Waals surface area contributed by atoms with Crippen LogP contribution >= 0.6 is 11.3 Å². The number of thiophene rings is 1. The van der Waals surface area contributed by atoms with Crippen LogP contribution < -0.4 is 10.1 Å². The lowest BCUT2D eigenvalue weighted by molar-refractivity contribution is -0.119. The Morgan fingerprint density at radius 2 is 1.82 bits per heavy atom. The topological polar surface area (TPSA) is 69.6 Å². The first-order valence-corrected chi connectivity index (χ1v) is 9.47. The third kappa shape index (κ3) is 3.20. The van der Waals surface area contributed by atoms with Gasteiger partial charge in [0.2, 0.25) is 0 Å². The predicted molar refractivity (Wildman–Crippen MR) is 110 cm³/mol. The van der Waals surface area contributed by atoms with E-state index in [9.17, 15) is 9.59 Å². The summed E-state index contributed by atoms with van der Waals surface area (Å²) in [6.45, 7) is -0.369. The van der Waals surface area contributed by atoms with Gasteiger partial charge in [0, 0.05) is 23.3 Å². The highest BCUT2D eigenvalue weighted by molar-refractivity contribution is 7.20. The van der Waals surface area contributed by atoms with Gasteiger partial charge in [-0.25, -0.2) is 4.79 Å². The Morgan fingerprint density at radius 3 is 2.64 bits per heavy atom. The molecule has 0 aliphatic rings. The fourth-order valence-electron chi connectivity index (χ4n) is 3.16. The van der Waals surface area contributed by atoms with E-state index >= 15 is 0 Å². The lowest BCUT2D eigenvalue weighted by Crippen LogP contribution is -2.20. The van der Waals surface area contributed by atoms with Crippen LogP contribution in [0.1, 0.15) is 9.67 Å². The molecule has 7 heteroatoms. The Kier molecular flexibility index (Phi) is 4.75. The Morgan fingerprint density at radius 1 is 1.07 bits per heavy atom. The van der Waals surface area contributed by atoms with E-state index in [1.54, 1.807) is 24.3 Å². The molecule has 142 valence electrons.